The number of halogens is 5. The summed E-state index contributed by atoms with van der Waals surface area (Å²) in [6, 6.07) is 2.06. The zero-order valence-corrected chi connectivity index (χ0v) is 15.5. The molecule has 0 bridgehead atoms. The molecule has 2 fully saturated rings. The first-order valence-electron chi connectivity index (χ1n) is 7.33. The van der Waals surface area contributed by atoms with E-state index in [2.05, 4.69) is 15.6 Å². The van der Waals surface area contributed by atoms with Crippen LogP contribution in [0.3, 0.4) is 0 Å². The second kappa shape index (κ2) is 9.16. The molecule has 0 aromatic carbocycles. The van der Waals surface area contributed by atoms with Crippen molar-refractivity contribution in [3.05, 3.63) is 23.9 Å². The lowest BCUT2D eigenvalue weighted by Gasteiger charge is -2.19. The van der Waals surface area contributed by atoms with Crippen LogP contribution in [0.2, 0.25) is 0 Å². The van der Waals surface area contributed by atoms with Crippen molar-refractivity contribution in [3.63, 3.8) is 0 Å². The first-order chi connectivity index (χ1) is 10.9. The molecule has 0 radical (unpaired) electrons. The number of nitrogens with one attached hydrogen (secondary N) is 2. The summed E-state index contributed by atoms with van der Waals surface area (Å²) in [6.45, 7) is 1.36. The van der Waals surface area contributed by atoms with Crippen molar-refractivity contribution in [2.45, 2.75) is 24.7 Å². The second-order valence-electron chi connectivity index (χ2n) is 5.61. The van der Waals surface area contributed by atoms with Gasteiger partial charge in [0.05, 0.1) is 17.5 Å². The Morgan fingerprint density at radius 3 is 2.68 bits per heavy atom. The van der Waals surface area contributed by atoms with E-state index in [-0.39, 0.29) is 42.8 Å². The lowest BCUT2D eigenvalue weighted by Crippen LogP contribution is -2.42. The lowest BCUT2D eigenvalue weighted by molar-refractivity contribution is -0.137. The SMILES string of the molecule is Cl.Cl.O=C([C@@H]1C[C@H](Nc2ccc(C(F)(F)F)cn2)CN1)N1CCSC1. The van der Waals surface area contributed by atoms with Crippen molar-refractivity contribution in [2.75, 3.05) is 30.0 Å². The predicted octanol–water partition coefficient (Wildman–Crippen LogP) is 2.62. The maximum Gasteiger partial charge on any atom is 0.417 e. The lowest BCUT2D eigenvalue weighted by atomic mass is 10.1. The highest BCUT2D eigenvalue weighted by molar-refractivity contribution is 7.99. The smallest absolute Gasteiger partial charge is 0.366 e. The van der Waals surface area contributed by atoms with Crippen LogP contribution in [0.15, 0.2) is 18.3 Å². The molecular formula is C14H19Cl2F3N4OS. The molecule has 1 aromatic heterocycles. The summed E-state index contributed by atoms with van der Waals surface area (Å²) in [7, 11) is 0. The largest absolute Gasteiger partial charge is 0.417 e. The minimum Gasteiger partial charge on any atom is -0.366 e. The fraction of sp³-hybridized carbons (Fsp3) is 0.571. The van der Waals surface area contributed by atoms with Crippen LogP contribution in [0, 0.1) is 0 Å². The minimum absolute atomic E-state index is 0. The zero-order valence-electron chi connectivity index (χ0n) is 13.1. The number of alkyl halides is 3. The van der Waals surface area contributed by atoms with Gasteiger partial charge in [-0.15, -0.1) is 36.6 Å². The molecule has 3 heterocycles. The van der Waals surface area contributed by atoms with Crippen molar-refractivity contribution in [1.29, 1.82) is 0 Å². The molecule has 2 aliphatic heterocycles. The van der Waals surface area contributed by atoms with Crippen LogP contribution in [-0.4, -0.2) is 52.6 Å². The third-order valence-electron chi connectivity index (χ3n) is 3.94. The first kappa shape index (κ1) is 22.1. The number of hydrogen-bond acceptors (Lipinski definition) is 5. The van der Waals surface area contributed by atoms with Gasteiger partial charge >= 0.3 is 6.18 Å². The number of anilines is 1. The molecule has 0 saturated carbocycles. The van der Waals surface area contributed by atoms with Crippen LogP contribution in [0.1, 0.15) is 12.0 Å². The van der Waals surface area contributed by atoms with Gasteiger partial charge in [0.15, 0.2) is 0 Å². The van der Waals surface area contributed by atoms with Crippen LogP contribution in [0.4, 0.5) is 19.0 Å². The van der Waals surface area contributed by atoms with Gasteiger partial charge in [0, 0.05) is 31.1 Å². The summed E-state index contributed by atoms with van der Waals surface area (Å²) in [4.78, 5) is 17.9. The normalized spacial score (nSPS) is 22.9. The van der Waals surface area contributed by atoms with Crippen molar-refractivity contribution in [1.82, 2.24) is 15.2 Å². The van der Waals surface area contributed by atoms with Gasteiger partial charge in [-0.3, -0.25) is 4.79 Å². The molecule has 2 N–H and O–H groups in total. The quantitative estimate of drug-likeness (QED) is 0.789. The number of thioether (sulfide) groups is 1. The fourth-order valence-corrected chi connectivity index (χ4v) is 3.65. The van der Waals surface area contributed by atoms with Crippen LogP contribution in [0.25, 0.3) is 0 Å². The van der Waals surface area contributed by atoms with E-state index in [0.717, 1.165) is 30.4 Å². The van der Waals surface area contributed by atoms with E-state index < -0.39 is 11.7 Å². The molecule has 2 atom stereocenters. The molecule has 142 valence electrons. The Morgan fingerprint density at radius 1 is 1.36 bits per heavy atom. The summed E-state index contributed by atoms with van der Waals surface area (Å²) < 4.78 is 37.5. The van der Waals surface area contributed by atoms with Crippen LogP contribution in [-0.2, 0) is 11.0 Å². The monoisotopic (exact) mass is 418 g/mol. The second-order valence-corrected chi connectivity index (χ2v) is 6.68. The van der Waals surface area contributed by atoms with E-state index in [0.29, 0.717) is 18.8 Å². The molecule has 1 aromatic rings. The molecule has 11 heteroatoms. The topological polar surface area (TPSA) is 57.3 Å². The van der Waals surface area contributed by atoms with Gasteiger partial charge in [-0.2, -0.15) is 13.2 Å². The molecule has 2 aliphatic rings. The van der Waals surface area contributed by atoms with E-state index in [9.17, 15) is 18.0 Å². The van der Waals surface area contributed by atoms with Gasteiger partial charge < -0.3 is 15.5 Å². The summed E-state index contributed by atoms with van der Waals surface area (Å²) in [5, 5.41) is 6.25. The average molecular weight is 419 g/mol. The molecule has 0 aliphatic carbocycles. The Kier molecular flexibility index (Phi) is 8.11. The van der Waals surface area contributed by atoms with Gasteiger partial charge in [0.2, 0.25) is 5.91 Å². The van der Waals surface area contributed by atoms with E-state index in [1.807, 2.05) is 4.90 Å². The standard InChI is InChI=1S/C14H17F3N4OS.2ClH/c15-14(16,17)9-1-2-12(19-6-9)20-10-5-11(18-7-10)13(22)21-3-4-23-8-21;;/h1-2,6,10-11,18H,3-5,7-8H2,(H,19,20);2*1H/t10-,11-;;/m0../s1. The molecule has 2 saturated heterocycles. The van der Waals surface area contributed by atoms with Crippen molar-refractivity contribution in [3.8, 4) is 0 Å². The van der Waals surface area contributed by atoms with Crippen molar-refractivity contribution < 1.29 is 18.0 Å². The van der Waals surface area contributed by atoms with Crippen molar-refractivity contribution in [2.24, 2.45) is 0 Å². The summed E-state index contributed by atoms with van der Waals surface area (Å²) in [5.74, 6) is 2.18. The molecular weight excluding hydrogens is 400 g/mol. The Bertz CT molecular complexity index is 570. The number of rotatable bonds is 3. The first-order valence-corrected chi connectivity index (χ1v) is 8.48. The van der Waals surface area contributed by atoms with E-state index in [1.165, 1.54) is 6.07 Å². The number of carbonyl (C=O) groups is 1. The third-order valence-corrected chi connectivity index (χ3v) is 4.90. The molecule has 0 spiro atoms. The number of amides is 1. The van der Waals surface area contributed by atoms with E-state index >= 15 is 0 Å². The van der Waals surface area contributed by atoms with Gasteiger partial charge in [0.1, 0.15) is 5.82 Å². The van der Waals surface area contributed by atoms with E-state index in [4.69, 9.17) is 0 Å². The van der Waals surface area contributed by atoms with Crippen molar-refractivity contribution >= 4 is 48.3 Å². The summed E-state index contributed by atoms with van der Waals surface area (Å²) in [6.07, 6.45) is -2.97. The van der Waals surface area contributed by atoms with Crippen LogP contribution in [0.5, 0.6) is 0 Å². The number of aromatic nitrogens is 1. The molecule has 25 heavy (non-hydrogen) atoms. The zero-order chi connectivity index (χ0) is 16.4. The van der Waals surface area contributed by atoms with Gasteiger partial charge in [-0.05, 0) is 18.6 Å². The summed E-state index contributed by atoms with van der Waals surface area (Å²) in [5.41, 5.74) is -0.771. The van der Waals surface area contributed by atoms with Gasteiger partial charge in [-0.1, -0.05) is 0 Å². The predicted molar refractivity (Wildman–Crippen MR) is 96.6 cm³/mol. The third kappa shape index (κ3) is 5.54. The highest BCUT2D eigenvalue weighted by Crippen LogP contribution is 2.29. The summed E-state index contributed by atoms with van der Waals surface area (Å²) >= 11 is 1.74. The number of carbonyl (C=O) groups excluding carboxylic acids is 1. The Labute approximate surface area is 160 Å². The molecule has 0 unspecified atom stereocenters. The maximum absolute atomic E-state index is 12.5. The fourth-order valence-electron chi connectivity index (χ4n) is 2.70. The van der Waals surface area contributed by atoms with Crippen LogP contribution >= 0.6 is 36.6 Å². The Hall–Kier alpha value is -0.900. The number of pyridine rings is 1. The number of nitrogens with zero attached hydrogens (tertiary/aromatic N) is 2. The molecule has 3 rings (SSSR count). The highest BCUT2D eigenvalue weighted by Gasteiger charge is 2.34. The minimum atomic E-state index is -4.38. The van der Waals surface area contributed by atoms with Crippen LogP contribution < -0.4 is 10.6 Å². The Morgan fingerprint density at radius 2 is 2.12 bits per heavy atom. The average Bonchev–Trinajstić information content (AvgIpc) is 3.18. The molecule has 1 amide bonds. The van der Waals surface area contributed by atoms with E-state index in [1.54, 1.807) is 11.8 Å². The van der Waals surface area contributed by atoms with Gasteiger partial charge in [-0.25, -0.2) is 4.98 Å². The van der Waals surface area contributed by atoms with Gasteiger partial charge in [0.25, 0.3) is 0 Å². The number of hydrogen-bond donors (Lipinski definition) is 2. The Balaban J connectivity index is 0.00000156. The molecule has 5 nitrogen and oxygen atoms in total. The highest BCUT2D eigenvalue weighted by atomic mass is 35.5. The maximum atomic E-state index is 12.5.